The van der Waals surface area contributed by atoms with E-state index in [1.54, 1.807) is 0 Å². The number of aromatic carboxylic acids is 1. The van der Waals surface area contributed by atoms with Crippen LogP contribution in [0.4, 0.5) is 0 Å². The highest BCUT2D eigenvalue weighted by Crippen LogP contribution is 2.38. The van der Waals surface area contributed by atoms with Gasteiger partial charge in [-0.1, -0.05) is 36.4 Å². The van der Waals surface area contributed by atoms with Gasteiger partial charge in [0, 0.05) is 0 Å². The average Bonchev–Trinajstić information content (AvgIpc) is 2.79. The summed E-state index contributed by atoms with van der Waals surface area (Å²) in [4.78, 5) is 11.3. The van der Waals surface area contributed by atoms with Gasteiger partial charge in [-0.05, 0) is 65.2 Å². The minimum atomic E-state index is -1.04. The van der Waals surface area contributed by atoms with Gasteiger partial charge < -0.3 is 24.1 Å². The Morgan fingerprint density at radius 2 is 1.47 bits per heavy atom. The van der Waals surface area contributed by atoms with Gasteiger partial charge in [0.1, 0.15) is 13.2 Å². The van der Waals surface area contributed by atoms with Crippen molar-refractivity contribution in [1.29, 1.82) is 0 Å². The van der Waals surface area contributed by atoms with Crippen molar-refractivity contribution in [2.24, 2.45) is 0 Å². The maximum absolute atomic E-state index is 11.3. The molecule has 1 N–H and O–H groups in total. The zero-order chi connectivity index (χ0) is 22.9. The molecule has 0 aromatic heterocycles. The second-order valence-electron chi connectivity index (χ2n) is 6.80. The fraction of sp³-hybridized carbons (Fsp3) is 0.240. The molecule has 32 heavy (non-hydrogen) atoms. The smallest absolute Gasteiger partial charge is 0.335 e. The summed E-state index contributed by atoms with van der Waals surface area (Å²) in [5.41, 5.74) is 2.06. The molecule has 3 aromatic rings. The lowest BCUT2D eigenvalue weighted by atomic mass is 10.2. The van der Waals surface area contributed by atoms with Crippen molar-refractivity contribution in [3.8, 4) is 23.0 Å². The molecule has 0 spiro atoms. The van der Waals surface area contributed by atoms with Crippen molar-refractivity contribution in [2.45, 2.75) is 27.1 Å². The van der Waals surface area contributed by atoms with Gasteiger partial charge in [-0.3, -0.25) is 0 Å². The van der Waals surface area contributed by atoms with E-state index in [9.17, 15) is 9.90 Å². The number of hydrogen-bond acceptors (Lipinski definition) is 5. The summed E-state index contributed by atoms with van der Waals surface area (Å²) in [6.07, 6.45) is 0. The summed E-state index contributed by atoms with van der Waals surface area (Å²) in [6, 6.07) is 18.5. The molecule has 0 aliphatic rings. The molecule has 0 fully saturated rings. The average molecular weight is 501 g/mol. The summed E-state index contributed by atoms with van der Waals surface area (Å²) in [5.74, 6) is 1.06. The first-order chi connectivity index (χ1) is 15.5. The quantitative estimate of drug-likeness (QED) is 0.342. The topological polar surface area (TPSA) is 74.2 Å². The Morgan fingerprint density at radius 3 is 2.16 bits per heavy atom. The van der Waals surface area contributed by atoms with Gasteiger partial charge in [-0.25, -0.2) is 4.79 Å². The van der Waals surface area contributed by atoms with Gasteiger partial charge >= 0.3 is 5.97 Å². The van der Waals surface area contributed by atoms with Crippen LogP contribution in [0, 0.1) is 0 Å². The molecule has 0 saturated carbocycles. The lowest BCUT2D eigenvalue weighted by molar-refractivity contribution is 0.0696. The lowest BCUT2D eigenvalue weighted by Crippen LogP contribution is -2.04. The molecule has 0 unspecified atom stereocenters. The SMILES string of the molecule is CCOc1cc(COc2c(Br)cc(C(=O)O)cc2OCC)ccc1OCc1ccccc1. The van der Waals surface area contributed by atoms with Crippen LogP contribution in [0.15, 0.2) is 65.1 Å². The Morgan fingerprint density at radius 1 is 0.781 bits per heavy atom. The van der Waals surface area contributed by atoms with E-state index >= 15 is 0 Å². The van der Waals surface area contributed by atoms with Gasteiger partial charge in [0.2, 0.25) is 0 Å². The van der Waals surface area contributed by atoms with Crippen LogP contribution in [-0.2, 0) is 13.2 Å². The number of carbonyl (C=O) groups is 1. The van der Waals surface area contributed by atoms with Crippen LogP contribution in [0.1, 0.15) is 35.3 Å². The first-order valence-electron chi connectivity index (χ1n) is 10.3. The van der Waals surface area contributed by atoms with Crippen molar-refractivity contribution >= 4 is 21.9 Å². The Balaban J connectivity index is 1.76. The second kappa shape index (κ2) is 11.4. The molecule has 0 heterocycles. The molecule has 3 aromatic carbocycles. The van der Waals surface area contributed by atoms with Gasteiger partial charge in [0.25, 0.3) is 0 Å². The number of hydrogen-bond donors (Lipinski definition) is 1. The molecule has 0 atom stereocenters. The van der Waals surface area contributed by atoms with E-state index in [1.807, 2.05) is 62.4 Å². The van der Waals surface area contributed by atoms with Gasteiger partial charge in [-0.2, -0.15) is 0 Å². The molecule has 7 heteroatoms. The Kier molecular flexibility index (Phi) is 8.39. The maximum Gasteiger partial charge on any atom is 0.335 e. The predicted molar refractivity (Wildman–Crippen MR) is 125 cm³/mol. The summed E-state index contributed by atoms with van der Waals surface area (Å²) in [5, 5.41) is 9.28. The first kappa shape index (κ1) is 23.5. The lowest BCUT2D eigenvalue weighted by Gasteiger charge is -2.16. The maximum atomic E-state index is 11.3. The van der Waals surface area contributed by atoms with Gasteiger partial charge in [0.05, 0.1) is 23.2 Å². The number of carboxylic acid groups (broad SMARTS) is 1. The molecular weight excluding hydrogens is 476 g/mol. The van der Waals surface area contributed by atoms with E-state index in [2.05, 4.69) is 15.9 Å². The molecular formula is C25H25BrO6. The zero-order valence-electron chi connectivity index (χ0n) is 18.0. The van der Waals surface area contributed by atoms with Gasteiger partial charge in [0.15, 0.2) is 23.0 Å². The first-order valence-corrected chi connectivity index (χ1v) is 11.1. The Bertz CT molecular complexity index is 1050. The molecule has 3 rings (SSSR count). The molecule has 6 nitrogen and oxygen atoms in total. The fourth-order valence-electron chi connectivity index (χ4n) is 3.02. The normalized spacial score (nSPS) is 10.5. The van der Waals surface area contributed by atoms with Crippen LogP contribution in [0.2, 0.25) is 0 Å². The van der Waals surface area contributed by atoms with E-state index < -0.39 is 5.97 Å². The minimum absolute atomic E-state index is 0.117. The molecule has 0 aliphatic heterocycles. The summed E-state index contributed by atoms with van der Waals surface area (Å²) < 4.78 is 23.8. The number of rotatable bonds is 11. The molecule has 0 radical (unpaired) electrons. The van der Waals surface area contributed by atoms with Crippen LogP contribution in [0.5, 0.6) is 23.0 Å². The van der Waals surface area contributed by atoms with Gasteiger partial charge in [-0.15, -0.1) is 0 Å². The Hall–Kier alpha value is -3.19. The summed E-state index contributed by atoms with van der Waals surface area (Å²) in [7, 11) is 0. The van der Waals surface area contributed by atoms with E-state index in [4.69, 9.17) is 18.9 Å². The van der Waals surface area contributed by atoms with Crippen molar-refractivity contribution < 1.29 is 28.8 Å². The predicted octanol–water partition coefficient (Wildman–Crippen LogP) is 6.10. The second-order valence-corrected chi connectivity index (χ2v) is 7.65. The van der Waals surface area contributed by atoms with Crippen molar-refractivity contribution in [1.82, 2.24) is 0 Å². The molecule has 0 amide bonds. The molecule has 0 bridgehead atoms. The van der Waals surface area contributed by atoms with E-state index in [0.29, 0.717) is 47.3 Å². The third kappa shape index (κ3) is 6.17. The third-order valence-electron chi connectivity index (χ3n) is 4.48. The highest BCUT2D eigenvalue weighted by Gasteiger charge is 2.16. The van der Waals surface area contributed by atoms with E-state index in [0.717, 1.165) is 11.1 Å². The van der Waals surface area contributed by atoms with Crippen molar-refractivity contribution in [3.05, 3.63) is 81.8 Å². The van der Waals surface area contributed by atoms with Crippen LogP contribution in [0.3, 0.4) is 0 Å². The van der Waals surface area contributed by atoms with E-state index in [1.165, 1.54) is 12.1 Å². The number of halogens is 1. The van der Waals surface area contributed by atoms with Crippen LogP contribution >= 0.6 is 15.9 Å². The van der Waals surface area contributed by atoms with Crippen molar-refractivity contribution in [2.75, 3.05) is 13.2 Å². The molecule has 0 saturated heterocycles. The highest BCUT2D eigenvalue weighted by atomic mass is 79.9. The monoisotopic (exact) mass is 500 g/mol. The highest BCUT2D eigenvalue weighted by molar-refractivity contribution is 9.10. The Labute approximate surface area is 195 Å². The summed E-state index contributed by atoms with van der Waals surface area (Å²) in [6.45, 7) is 5.31. The number of benzene rings is 3. The summed E-state index contributed by atoms with van der Waals surface area (Å²) >= 11 is 3.39. The molecule has 0 aliphatic carbocycles. The largest absolute Gasteiger partial charge is 0.490 e. The molecule has 168 valence electrons. The minimum Gasteiger partial charge on any atom is -0.490 e. The van der Waals surface area contributed by atoms with Crippen LogP contribution in [0.25, 0.3) is 0 Å². The fourth-order valence-corrected chi connectivity index (χ4v) is 3.57. The van der Waals surface area contributed by atoms with Crippen molar-refractivity contribution in [3.63, 3.8) is 0 Å². The number of carboxylic acids is 1. The van der Waals surface area contributed by atoms with Crippen LogP contribution < -0.4 is 18.9 Å². The number of ether oxygens (including phenoxy) is 4. The third-order valence-corrected chi connectivity index (χ3v) is 5.07. The van der Waals surface area contributed by atoms with Crippen LogP contribution in [-0.4, -0.2) is 24.3 Å². The zero-order valence-corrected chi connectivity index (χ0v) is 19.6. The standard InChI is InChI=1S/C25H25BrO6/c1-3-29-22-12-18(10-11-21(22)31-15-17-8-6-5-7-9-17)16-32-24-20(26)13-19(25(27)28)14-23(24)30-4-2/h5-14H,3-4,15-16H2,1-2H3,(H,27,28). The van der Waals surface area contributed by atoms with E-state index in [-0.39, 0.29) is 12.2 Å².